The first kappa shape index (κ1) is 10.3. The van der Waals surface area contributed by atoms with Gasteiger partial charge in [-0.05, 0) is 0 Å². The van der Waals surface area contributed by atoms with Gasteiger partial charge in [0.15, 0.2) is 0 Å². The van der Waals surface area contributed by atoms with E-state index in [9.17, 15) is 13.2 Å². The normalized spacial score (nSPS) is 10.2. The van der Waals surface area contributed by atoms with E-state index in [1.54, 1.807) is 6.07 Å². The van der Waals surface area contributed by atoms with Crippen molar-refractivity contribution >= 4 is 0 Å². The summed E-state index contributed by atoms with van der Waals surface area (Å²) in [5.41, 5.74) is -1.29. The Balaban J connectivity index is 3.21. The molecule has 0 bridgehead atoms. The second kappa shape index (κ2) is 3.96. The van der Waals surface area contributed by atoms with Crippen molar-refractivity contribution in [2.75, 3.05) is 0 Å². The molecular weight excluding hydrogens is 197 g/mol. The third-order valence-corrected chi connectivity index (χ3v) is 1.51. The van der Waals surface area contributed by atoms with E-state index in [-0.39, 0.29) is 5.69 Å². The standard InChI is InChI=1S/C8H5F3N2O/c9-4-3-6(14)7(8(10)11)13-5(4)1-2-12/h3,8,14H,1H2. The van der Waals surface area contributed by atoms with Gasteiger partial charge in [0.25, 0.3) is 6.43 Å². The van der Waals surface area contributed by atoms with Crippen LogP contribution in [0.2, 0.25) is 0 Å². The van der Waals surface area contributed by atoms with Crippen molar-refractivity contribution < 1.29 is 18.3 Å². The minimum atomic E-state index is -2.99. The molecule has 0 aromatic carbocycles. The van der Waals surface area contributed by atoms with Crippen LogP contribution in [0.5, 0.6) is 5.75 Å². The molecule has 0 aliphatic rings. The predicted molar refractivity (Wildman–Crippen MR) is 40.1 cm³/mol. The van der Waals surface area contributed by atoms with Gasteiger partial charge in [0, 0.05) is 6.07 Å². The first-order valence-electron chi connectivity index (χ1n) is 3.59. The van der Waals surface area contributed by atoms with Crippen LogP contribution in [0.25, 0.3) is 0 Å². The van der Waals surface area contributed by atoms with Crippen LogP contribution < -0.4 is 0 Å². The quantitative estimate of drug-likeness (QED) is 0.797. The van der Waals surface area contributed by atoms with E-state index < -0.39 is 30.1 Å². The van der Waals surface area contributed by atoms with Crippen molar-refractivity contribution in [1.82, 2.24) is 4.98 Å². The van der Waals surface area contributed by atoms with Crippen LogP contribution in [0.15, 0.2) is 6.07 Å². The minimum absolute atomic E-state index is 0.388. The number of alkyl halides is 2. The van der Waals surface area contributed by atoms with Gasteiger partial charge in [-0.1, -0.05) is 0 Å². The maximum absolute atomic E-state index is 12.9. The van der Waals surface area contributed by atoms with E-state index in [0.717, 1.165) is 0 Å². The van der Waals surface area contributed by atoms with E-state index >= 15 is 0 Å². The van der Waals surface area contributed by atoms with Crippen LogP contribution in [0, 0.1) is 17.1 Å². The maximum Gasteiger partial charge on any atom is 0.284 e. The minimum Gasteiger partial charge on any atom is -0.506 e. The second-order valence-corrected chi connectivity index (χ2v) is 2.46. The highest BCUT2D eigenvalue weighted by molar-refractivity contribution is 5.30. The first-order chi connectivity index (χ1) is 6.56. The zero-order valence-corrected chi connectivity index (χ0v) is 6.84. The highest BCUT2D eigenvalue weighted by atomic mass is 19.3. The summed E-state index contributed by atoms with van der Waals surface area (Å²) in [6, 6.07) is 2.11. The van der Waals surface area contributed by atoms with E-state index in [1.165, 1.54) is 0 Å². The van der Waals surface area contributed by atoms with Gasteiger partial charge in [-0.3, -0.25) is 0 Å². The van der Waals surface area contributed by atoms with Crippen LogP contribution >= 0.6 is 0 Å². The van der Waals surface area contributed by atoms with Crippen molar-refractivity contribution in [3.8, 4) is 11.8 Å². The summed E-state index contributed by atoms with van der Waals surface area (Å²) in [6.45, 7) is 0. The SMILES string of the molecule is N#CCc1nc(C(F)F)c(O)cc1F. The molecular formula is C8H5F3N2O. The summed E-state index contributed by atoms with van der Waals surface area (Å²) >= 11 is 0. The molecule has 0 amide bonds. The summed E-state index contributed by atoms with van der Waals surface area (Å²) < 4.78 is 37.2. The lowest BCUT2D eigenvalue weighted by Crippen LogP contribution is -2.00. The smallest absolute Gasteiger partial charge is 0.284 e. The van der Waals surface area contributed by atoms with E-state index in [2.05, 4.69) is 4.98 Å². The maximum atomic E-state index is 12.9. The Morgan fingerprint density at radius 2 is 2.21 bits per heavy atom. The van der Waals surface area contributed by atoms with E-state index in [1.807, 2.05) is 0 Å². The third-order valence-electron chi connectivity index (χ3n) is 1.51. The fourth-order valence-electron chi connectivity index (χ4n) is 0.893. The molecule has 0 spiro atoms. The van der Waals surface area contributed by atoms with E-state index in [4.69, 9.17) is 10.4 Å². The van der Waals surface area contributed by atoms with Crippen molar-refractivity contribution in [3.05, 3.63) is 23.3 Å². The number of hydrogen-bond donors (Lipinski definition) is 1. The molecule has 1 aromatic rings. The molecule has 0 aliphatic carbocycles. The molecule has 1 aromatic heterocycles. The number of hydrogen-bond acceptors (Lipinski definition) is 3. The van der Waals surface area contributed by atoms with Gasteiger partial charge < -0.3 is 5.11 Å². The zero-order chi connectivity index (χ0) is 10.7. The number of nitrogens with zero attached hydrogens (tertiary/aromatic N) is 2. The lowest BCUT2D eigenvalue weighted by molar-refractivity contribution is 0.141. The number of aromatic hydroxyl groups is 1. The van der Waals surface area contributed by atoms with Crippen LogP contribution in [0.3, 0.4) is 0 Å². The van der Waals surface area contributed by atoms with Gasteiger partial charge in [-0.15, -0.1) is 0 Å². The van der Waals surface area contributed by atoms with Gasteiger partial charge in [-0.2, -0.15) is 5.26 Å². The molecule has 0 unspecified atom stereocenters. The van der Waals surface area contributed by atoms with Crippen LogP contribution in [0.4, 0.5) is 13.2 Å². The Morgan fingerprint density at radius 3 is 2.71 bits per heavy atom. The molecule has 3 nitrogen and oxygen atoms in total. The topological polar surface area (TPSA) is 56.9 Å². The number of rotatable bonds is 2. The Labute approximate surface area is 77.4 Å². The summed E-state index contributed by atoms with van der Waals surface area (Å²) in [5.74, 6) is -1.87. The molecule has 0 saturated carbocycles. The van der Waals surface area contributed by atoms with Gasteiger partial charge in [-0.25, -0.2) is 18.2 Å². The summed E-state index contributed by atoms with van der Waals surface area (Å²) in [7, 11) is 0. The van der Waals surface area contributed by atoms with Crippen molar-refractivity contribution in [3.63, 3.8) is 0 Å². The number of pyridine rings is 1. The fourth-order valence-corrected chi connectivity index (χ4v) is 0.893. The number of aromatic nitrogens is 1. The lowest BCUT2D eigenvalue weighted by Gasteiger charge is -2.04. The van der Waals surface area contributed by atoms with Crippen LogP contribution in [-0.2, 0) is 6.42 Å². The Bertz CT molecular complexity index is 387. The molecule has 0 radical (unpaired) electrons. The fraction of sp³-hybridized carbons (Fsp3) is 0.250. The summed E-state index contributed by atoms with van der Waals surface area (Å²) in [6.07, 6.45) is -3.40. The molecule has 14 heavy (non-hydrogen) atoms. The number of halogens is 3. The average Bonchev–Trinajstić information content (AvgIpc) is 2.09. The molecule has 0 aliphatic heterocycles. The van der Waals surface area contributed by atoms with Crippen molar-refractivity contribution in [2.24, 2.45) is 0 Å². The molecule has 0 atom stereocenters. The molecule has 0 fully saturated rings. The van der Waals surface area contributed by atoms with Crippen molar-refractivity contribution in [2.45, 2.75) is 12.8 Å². The largest absolute Gasteiger partial charge is 0.506 e. The van der Waals surface area contributed by atoms with Gasteiger partial charge in [0.2, 0.25) is 0 Å². The average molecular weight is 202 g/mol. The van der Waals surface area contributed by atoms with Crippen LogP contribution in [-0.4, -0.2) is 10.1 Å². The summed E-state index contributed by atoms with van der Waals surface area (Å²) in [5, 5.41) is 17.1. The Morgan fingerprint density at radius 1 is 1.57 bits per heavy atom. The van der Waals surface area contributed by atoms with Gasteiger partial charge in [0.1, 0.15) is 17.3 Å². The zero-order valence-electron chi connectivity index (χ0n) is 6.84. The second-order valence-electron chi connectivity index (χ2n) is 2.46. The molecule has 0 saturated heterocycles. The highest BCUT2D eigenvalue weighted by Gasteiger charge is 2.18. The molecule has 1 N–H and O–H groups in total. The molecule has 74 valence electrons. The van der Waals surface area contributed by atoms with Gasteiger partial charge in [0.05, 0.1) is 18.2 Å². The molecule has 1 heterocycles. The summed E-state index contributed by atoms with van der Waals surface area (Å²) in [4.78, 5) is 3.16. The first-order valence-corrected chi connectivity index (χ1v) is 3.59. The van der Waals surface area contributed by atoms with Crippen LogP contribution in [0.1, 0.15) is 17.8 Å². The predicted octanol–water partition coefficient (Wildman–Crippen LogP) is 1.93. The van der Waals surface area contributed by atoms with Crippen molar-refractivity contribution in [1.29, 1.82) is 5.26 Å². The molecule has 1 rings (SSSR count). The Kier molecular flexibility index (Phi) is 2.92. The number of nitriles is 1. The Hall–Kier alpha value is -1.77. The third kappa shape index (κ3) is 1.93. The lowest BCUT2D eigenvalue weighted by atomic mass is 10.2. The molecule has 6 heteroatoms. The monoisotopic (exact) mass is 202 g/mol. The van der Waals surface area contributed by atoms with Gasteiger partial charge >= 0.3 is 0 Å². The highest BCUT2D eigenvalue weighted by Crippen LogP contribution is 2.27. The van der Waals surface area contributed by atoms with E-state index in [0.29, 0.717) is 6.07 Å².